The highest BCUT2D eigenvalue weighted by molar-refractivity contribution is 7.80. The molecule has 0 atom stereocenters. The average Bonchev–Trinajstić information content (AvgIpc) is 3.86. The second-order valence-electron chi connectivity index (χ2n) is 10.8. The minimum absolute atomic E-state index is 1.03. The van der Waals surface area contributed by atoms with E-state index in [0.717, 1.165) is 31.6 Å². The predicted molar refractivity (Wildman–Crippen MR) is 201 cm³/mol. The van der Waals surface area contributed by atoms with E-state index in [1.807, 2.05) is 0 Å². The van der Waals surface area contributed by atoms with E-state index in [0.29, 0.717) is 0 Å². The highest BCUT2D eigenvalue weighted by Crippen LogP contribution is 2.45. The third-order valence-electron chi connectivity index (χ3n) is 8.01. The second kappa shape index (κ2) is 11.7. The summed E-state index contributed by atoms with van der Waals surface area (Å²) < 4.78 is 3.59. The van der Waals surface area contributed by atoms with Crippen LogP contribution in [0.3, 0.4) is 0 Å². The van der Waals surface area contributed by atoms with Crippen LogP contribution in [0.1, 0.15) is 0 Å². The summed E-state index contributed by atoms with van der Waals surface area (Å²) in [6, 6.07) is 51.8. The first-order chi connectivity index (χ1) is 22.8. The predicted octanol–water partition coefficient (Wildman–Crippen LogP) is 10.3. The summed E-state index contributed by atoms with van der Waals surface area (Å²) in [7, 11) is -1.07. The van der Waals surface area contributed by atoms with E-state index in [9.17, 15) is 0 Å². The molecule has 0 aliphatic heterocycles. The van der Waals surface area contributed by atoms with E-state index in [-0.39, 0.29) is 0 Å². The molecule has 0 fully saturated rings. The lowest BCUT2D eigenvalue weighted by Crippen LogP contribution is -2.24. The molecule has 0 unspecified atom stereocenters. The highest BCUT2D eigenvalue weighted by Gasteiger charge is 2.28. The Hall–Kier alpha value is -4.58. The molecule has 0 N–H and O–H groups in total. The molecule has 3 heterocycles. The minimum Gasteiger partial charge on any atom is -0.236 e. The molecular formula is C39H24N3PS3. The van der Waals surface area contributed by atoms with Gasteiger partial charge in [-0.3, -0.25) is 0 Å². The lowest BCUT2D eigenvalue weighted by molar-refractivity contribution is 1.48. The fraction of sp³-hybridized carbons (Fsp3) is 0. The molecule has 218 valence electrons. The topological polar surface area (TPSA) is 38.7 Å². The Morgan fingerprint density at radius 3 is 0.935 bits per heavy atom. The Morgan fingerprint density at radius 1 is 0.326 bits per heavy atom. The summed E-state index contributed by atoms with van der Waals surface area (Å²) in [5.74, 6) is 0. The molecule has 0 aliphatic carbocycles. The maximum atomic E-state index is 5.14. The van der Waals surface area contributed by atoms with Gasteiger partial charge in [0, 0.05) is 16.7 Å². The number of thiazole rings is 3. The monoisotopic (exact) mass is 661 g/mol. The summed E-state index contributed by atoms with van der Waals surface area (Å²) >= 11 is 5.27. The van der Waals surface area contributed by atoms with Crippen LogP contribution in [0.15, 0.2) is 146 Å². The van der Waals surface area contributed by atoms with Gasteiger partial charge >= 0.3 is 0 Å². The Labute approximate surface area is 279 Å². The van der Waals surface area contributed by atoms with Gasteiger partial charge in [0.1, 0.15) is 15.0 Å². The van der Waals surface area contributed by atoms with Crippen LogP contribution < -0.4 is 15.9 Å². The van der Waals surface area contributed by atoms with Gasteiger partial charge in [0.2, 0.25) is 0 Å². The Morgan fingerprint density at radius 2 is 0.609 bits per heavy atom. The standard InChI is InChI=1S/C39H24N3PS3/c1-7-19-31(25(13-1)37-40-28-16-4-10-22-34(28)44-37)43(32-20-8-2-14-26(32)38-41-29-17-5-11-23-35(29)45-38)33-21-9-3-15-27(33)39-42-30-18-6-12-24-36(30)46-39/h1-24H. The van der Waals surface area contributed by atoms with Gasteiger partial charge < -0.3 is 0 Å². The van der Waals surface area contributed by atoms with Crippen LogP contribution in [0.2, 0.25) is 0 Å². The van der Waals surface area contributed by atoms with Gasteiger partial charge in [0.15, 0.2) is 0 Å². The number of rotatable bonds is 6. The van der Waals surface area contributed by atoms with E-state index < -0.39 is 7.92 Å². The first-order valence-electron chi connectivity index (χ1n) is 15.0. The Bertz CT molecular complexity index is 2150. The lowest BCUT2D eigenvalue weighted by Gasteiger charge is -2.25. The molecule has 0 aliphatic rings. The van der Waals surface area contributed by atoms with Crippen LogP contribution in [0, 0.1) is 0 Å². The quantitative estimate of drug-likeness (QED) is 0.167. The number of hydrogen-bond acceptors (Lipinski definition) is 6. The fourth-order valence-electron chi connectivity index (χ4n) is 5.90. The highest BCUT2D eigenvalue weighted by atomic mass is 32.1. The van der Waals surface area contributed by atoms with Crippen LogP contribution >= 0.6 is 41.9 Å². The summed E-state index contributed by atoms with van der Waals surface area (Å²) in [6.07, 6.45) is 0. The van der Waals surface area contributed by atoms with Crippen molar-refractivity contribution in [2.24, 2.45) is 0 Å². The summed E-state index contributed by atoms with van der Waals surface area (Å²) in [5, 5.41) is 6.95. The van der Waals surface area contributed by atoms with Crippen molar-refractivity contribution in [3.63, 3.8) is 0 Å². The van der Waals surface area contributed by atoms with Crippen LogP contribution in [0.5, 0.6) is 0 Å². The number of hydrogen-bond donors (Lipinski definition) is 0. The lowest BCUT2D eigenvalue weighted by atomic mass is 10.2. The molecule has 46 heavy (non-hydrogen) atoms. The summed E-state index contributed by atoms with van der Waals surface area (Å²) in [4.78, 5) is 15.4. The molecule has 0 saturated carbocycles. The van der Waals surface area contributed by atoms with Crippen LogP contribution in [-0.2, 0) is 0 Å². The number of benzene rings is 6. The maximum Gasteiger partial charge on any atom is 0.125 e. The first-order valence-corrected chi connectivity index (χ1v) is 18.7. The smallest absolute Gasteiger partial charge is 0.125 e. The zero-order valence-electron chi connectivity index (χ0n) is 24.4. The Kier molecular flexibility index (Phi) is 7.02. The first kappa shape index (κ1) is 27.7. The van der Waals surface area contributed by atoms with Gasteiger partial charge in [-0.1, -0.05) is 109 Å². The van der Waals surface area contributed by atoms with Crippen LogP contribution in [-0.4, -0.2) is 15.0 Å². The number of para-hydroxylation sites is 3. The molecule has 9 rings (SSSR count). The van der Waals surface area contributed by atoms with Crippen molar-refractivity contribution in [1.29, 1.82) is 0 Å². The molecular weight excluding hydrogens is 638 g/mol. The number of nitrogens with zero attached hydrogens (tertiary/aromatic N) is 3. The molecule has 0 radical (unpaired) electrons. The van der Waals surface area contributed by atoms with E-state index in [1.54, 1.807) is 34.0 Å². The van der Waals surface area contributed by atoms with Crippen molar-refractivity contribution in [3.8, 4) is 31.7 Å². The van der Waals surface area contributed by atoms with Crippen molar-refractivity contribution in [2.45, 2.75) is 0 Å². The van der Waals surface area contributed by atoms with Crippen molar-refractivity contribution >= 4 is 88.5 Å². The van der Waals surface area contributed by atoms with E-state index in [1.165, 1.54) is 46.7 Å². The molecule has 6 aromatic carbocycles. The van der Waals surface area contributed by atoms with Crippen molar-refractivity contribution in [1.82, 2.24) is 15.0 Å². The van der Waals surface area contributed by atoms with E-state index >= 15 is 0 Å². The zero-order valence-corrected chi connectivity index (χ0v) is 27.7. The Balaban J connectivity index is 1.32. The van der Waals surface area contributed by atoms with Gasteiger partial charge in [-0.05, 0) is 60.2 Å². The van der Waals surface area contributed by atoms with E-state index in [4.69, 9.17) is 15.0 Å². The number of fused-ring (bicyclic) bond motifs is 3. The third kappa shape index (κ3) is 4.86. The molecule has 3 nitrogen and oxygen atoms in total. The average molecular weight is 662 g/mol. The molecule has 0 spiro atoms. The van der Waals surface area contributed by atoms with Crippen molar-refractivity contribution < 1.29 is 0 Å². The molecule has 3 aromatic heterocycles. The van der Waals surface area contributed by atoms with Gasteiger partial charge in [0.05, 0.1) is 30.6 Å². The molecule has 9 aromatic rings. The molecule has 0 bridgehead atoms. The van der Waals surface area contributed by atoms with Crippen LogP contribution in [0.4, 0.5) is 0 Å². The largest absolute Gasteiger partial charge is 0.236 e. The normalized spacial score (nSPS) is 11.7. The van der Waals surface area contributed by atoms with Gasteiger partial charge in [-0.25, -0.2) is 15.0 Å². The molecule has 7 heteroatoms. The number of aromatic nitrogens is 3. The van der Waals surface area contributed by atoms with Crippen molar-refractivity contribution in [2.75, 3.05) is 0 Å². The maximum absolute atomic E-state index is 5.14. The van der Waals surface area contributed by atoms with Crippen LogP contribution in [0.25, 0.3) is 62.4 Å². The van der Waals surface area contributed by atoms with Gasteiger partial charge in [0.25, 0.3) is 0 Å². The van der Waals surface area contributed by atoms with E-state index in [2.05, 4.69) is 146 Å². The van der Waals surface area contributed by atoms with Crippen molar-refractivity contribution in [3.05, 3.63) is 146 Å². The zero-order chi connectivity index (χ0) is 30.5. The van der Waals surface area contributed by atoms with Gasteiger partial charge in [-0.2, -0.15) is 0 Å². The third-order valence-corrected chi connectivity index (χ3v) is 13.8. The minimum atomic E-state index is -1.07. The second-order valence-corrected chi connectivity index (χ2v) is 16.1. The summed E-state index contributed by atoms with van der Waals surface area (Å²) in [5.41, 5.74) is 6.62. The summed E-state index contributed by atoms with van der Waals surface area (Å²) in [6.45, 7) is 0. The fourth-order valence-corrected chi connectivity index (χ4v) is 11.9. The molecule has 0 saturated heterocycles. The molecule has 0 amide bonds. The SMILES string of the molecule is c1ccc(P(c2ccccc2-c2nc3ccccc3s2)c2ccccc2-c2nc3ccccc3s2)c(-c2nc3ccccc3s2)c1. The van der Waals surface area contributed by atoms with Gasteiger partial charge in [-0.15, -0.1) is 34.0 Å².